The largest absolute Gasteiger partial charge is 0.497 e. The zero-order valence-electron chi connectivity index (χ0n) is 22.9. The first-order valence-corrected chi connectivity index (χ1v) is 13.5. The highest BCUT2D eigenvalue weighted by Crippen LogP contribution is 2.36. The standard InChI is InChI=1S/C29H32N2O7S/c1-7-36-21-13-11-19(14-23(21)37-8-2)26-25(28(33)38-9-3)17(4)30-29-31(26)27(32)24(39-29)15-18-10-12-20(34-5)16-22(18)35-6/h10-16,26H,7-9H2,1-6H3/b24-15-/t26-/m0/s1. The summed E-state index contributed by atoms with van der Waals surface area (Å²) < 4.78 is 29.8. The minimum absolute atomic E-state index is 0.192. The number of rotatable bonds is 10. The van der Waals surface area contributed by atoms with Crippen molar-refractivity contribution < 1.29 is 28.5 Å². The fraction of sp³-hybridized carbons (Fsp3) is 0.345. The average Bonchev–Trinajstić information content (AvgIpc) is 3.23. The summed E-state index contributed by atoms with van der Waals surface area (Å²) in [6.45, 7) is 8.35. The molecule has 1 aliphatic rings. The van der Waals surface area contributed by atoms with E-state index >= 15 is 0 Å². The van der Waals surface area contributed by atoms with Crippen LogP contribution in [0.3, 0.4) is 0 Å². The van der Waals surface area contributed by atoms with E-state index in [4.69, 9.17) is 23.7 Å². The van der Waals surface area contributed by atoms with E-state index < -0.39 is 12.0 Å². The van der Waals surface area contributed by atoms with Crippen molar-refractivity contribution in [3.8, 4) is 23.0 Å². The van der Waals surface area contributed by atoms with Crippen molar-refractivity contribution in [1.29, 1.82) is 0 Å². The summed E-state index contributed by atoms with van der Waals surface area (Å²) in [6.07, 6.45) is 1.76. The third kappa shape index (κ3) is 5.56. The van der Waals surface area contributed by atoms with Gasteiger partial charge in [0.15, 0.2) is 16.3 Å². The molecule has 0 aliphatic carbocycles. The molecule has 39 heavy (non-hydrogen) atoms. The lowest BCUT2D eigenvalue weighted by molar-refractivity contribution is -0.139. The summed E-state index contributed by atoms with van der Waals surface area (Å²) in [4.78, 5) is 32.2. The van der Waals surface area contributed by atoms with Crippen molar-refractivity contribution in [2.45, 2.75) is 33.7 Å². The Morgan fingerprint density at radius 1 is 0.974 bits per heavy atom. The smallest absolute Gasteiger partial charge is 0.338 e. The van der Waals surface area contributed by atoms with Crippen LogP contribution in [0.2, 0.25) is 0 Å². The molecule has 0 bridgehead atoms. The van der Waals surface area contributed by atoms with Crippen molar-refractivity contribution in [3.05, 3.63) is 78.5 Å². The molecule has 0 saturated carbocycles. The van der Waals surface area contributed by atoms with Gasteiger partial charge in [0.1, 0.15) is 11.5 Å². The summed E-state index contributed by atoms with van der Waals surface area (Å²) in [5.74, 6) is 1.79. The van der Waals surface area contributed by atoms with Gasteiger partial charge in [-0.25, -0.2) is 9.79 Å². The second kappa shape index (κ2) is 12.2. The zero-order valence-corrected chi connectivity index (χ0v) is 23.7. The summed E-state index contributed by atoms with van der Waals surface area (Å²) in [7, 11) is 3.14. The van der Waals surface area contributed by atoms with Gasteiger partial charge in [-0.15, -0.1) is 0 Å². The van der Waals surface area contributed by atoms with Gasteiger partial charge in [0.05, 0.1) is 55.9 Å². The van der Waals surface area contributed by atoms with Crippen LogP contribution < -0.4 is 33.8 Å². The quantitative estimate of drug-likeness (QED) is 0.355. The molecule has 1 aromatic heterocycles. The number of methoxy groups -OCH3 is 2. The number of fused-ring (bicyclic) bond motifs is 1. The molecule has 0 radical (unpaired) electrons. The molecular formula is C29H32N2O7S. The maximum absolute atomic E-state index is 13.9. The Bertz CT molecular complexity index is 1590. The third-order valence-corrected chi connectivity index (χ3v) is 7.11. The average molecular weight is 553 g/mol. The maximum atomic E-state index is 13.9. The number of allylic oxidation sites excluding steroid dienone is 1. The van der Waals surface area contributed by atoms with Gasteiger partial charge in [-0.2, -0.15) is 0 Å². The van der Waals surface area contributed by atoms with Crippen LogP contribution >= 0.6 is 11.3 Å². The summed E-state index contributed by atoms with van der Waals surface area (Å²) >= 11 is 1.24. The van der Waals surface area contributed by atoms with Crippen LogP contribution in [0.25, 0.3) is 6.08 Å². The highest BCUT2D eigenvalue weighted by molar-refractivity contribution is 7.07. The van der Waals surface area contributed by atoms with Crippen LogP contribution in [-0.4, -0.2) is 44.6 Å². The summed E-state index contributed by atoms with van der Waals surface area (Å²) in [6, 6.07) is 10.0. The first-order valence-electron chi connectivity index (χ1n) is 12.7. The van der Waals surface area contributed by atoms with Crippen molar-refractivity contribution in [1.82, 2.24) is 4.57 Å². The number of hydrogen-bond acceptors (Lipinski definition) is 9. The third-order valence-electron chi connectivity index (χ3n) is 6.13. The molecular weight excluding hydrogens is 520 g/mol. The van der Waals surface area contributed by atoms with E-state index in [-0.39, 0.29) is 12.2 Å². The molecule has 0 fully saturated rings. The summed E-state index contributed by atoms with van der Waals surface area (Å²) in [5.41, 5.74) is 1.88. The van der Waals surface area contributed by atoms with Gasteiger partial charge >= 0.3 is 5.97 Å². The van der Waals surface area contributed by atoms with Crippen LogP contribution in [-0.2, 0) is 9.53 Å². The van der Waals surface area contributed by atoms with Gasteiger partial charge in [-0.3, -0.25) is 9.36 Å². The van der Waals surface area contributed by atoms with Crippen molar-refractivity contribution in [3.63, 3.8) is 0 Å². The second-order valence-electron chi connectivity index (χ2n) is 8.48. The number of nitrogens with zero attached hydrogens (tertiary/aromatic N) is 2. The first kappa shape index (κ1) is 28.0. The van der Waals surface area contributed by atoms with Crippen LogP contribution in [0.15, 0.2) is 57.5 Å². The molecule has 0 saturated heterocycles. The first-order chi connectivity index (χ1) is 18.9. The van der Waals surface area contributed by atoms with Gasteiger partial charge < -0.3 is 23.7 Å². The van der Waals surface area contributed by atoms with Crippen LogP contribution in [0.4, 0.5) is 0 Å². The number of carbonyl (C=O) groups is 1. The molecule has 4 rings (SSSR count). The molecule has 0 unspecified atom stereocenters. The molecule has 0 spiro atoms. The van der Waals surface area contributed by atoms with Crippen LogP contribution in [0.5, 0.6) is 23.0 Å². The number of esters is 1. The Hall–Kier alpha value is -4.05. The van der Waals surface area contributed by atoms with E-state index in [1.54, 1.807) is 58.4 Å². The Labute approximate surface area is 230 Å². The normalized spacial score (nSPS) is 14.9. The van der Waals surface area contributed by atoms with E-state index in [9.17, 15) is 9.59 Å². The highest BCUT2D eigenvalue weighted by atomic mass is 32.1. The highest BCUT2D eigenvalue weighted by Gasteiger charge is 2.34. The molecule has 9 nitrogen and oxygen atoms in total. The number of carbonyl (C=O) groups excluding carboxylic acids is 1. The molecule has 1 aliphatic heterocycles. The Balaban J connectivity index is 1.95. The Kier molecular flexibility index (Phi) is 8.75. The fourth-order valence-corrected chi connectivity index (χ4v) is 5.46. The molecule has 1 atom stereocenters. The molecule has 2 heterocycles. The van der Waals surface area contributed by atoms with Gasteiger partial charge in [0, 0.05) is 11.6 Å². The lowest BCUT2D eigenvalue weighted by atomic mass is 9.95. The monoisotopic (exact) mass is 552 g/mol. The van der Waals surface area contributed by atoms with Gasteiger partial charge in [0.25, 0.3) is 5.56 Å². The predicted molar refractivity (Wildman–Crippen MR) is 149 cm³/mol. The molecule has 3 aromatic rings. The zero-order chi connectivity index (χ0) is 28.1. The number of ether oxygens (including phenoxy) is 5. The van der Waals surface area contributed by atoms with E-state index in [0.29, 0.717) is 67.9 Å². The lowest BCUT2D eigenvalue weighted by Crippen LogP contribution is -2.40. The second-order valence-corrected chi connectivity index (χ2v) is 9.49. The number of hydrogen-bond donors (Lipinski definition) is 0. The summed E-state index contributed by atoms with van der Waals surface area (Å²) in [5, 5.41) is 0. The molecule has 0 amide bonds. The van der Waals surface area contributed by atoms with Gasteiger partial charge in [-0.1, -0.05) is 17.4 Å². The van der Waals surface area contributed by atoms with E-state index in [2.05, 4.69) is 4.99 Å². The van der Waals surface area contributed by atoms with Crippen molar-refractivity contribution in [2.75, 3.05) is 34.0 Å². The van der Waals surface area contributed by atoms with Crippen LogP contribution in [0.1, 0.15) is 44.9 Å². The van der Waals surface area contributed by atoms with Gasteiger partial charge in [-0.05, 0) is 63.6 Å². The molecule has 10 heteroatoms. The maximum Gasteiger partial charge on any atom is 0.338 e. The Morgan fingerprint density at radius 2 is 1.72 bits per heavy atom. The topological polar surface area (TPSA) is 97.6 Å². The molecule has 206 valence electrons. The van der Waals surface area contributed by atoms with E-state index in [1.807, 2.05) is 26.0 Å². The number of aromatic nitrogens is 1. The fourth-order valence-electron chi connectivity index (χ4n) is 4.42. The molecule has 0 N–H and O–H groups in total. The van der Waals surface area contributed by atoms with E-state index in [1.165, 1.54) is 15.9 Å². The number of benzene rings is 2. The van der Waals surface area contributed by atoms with Crippen molar-refractivity contribution in [2.24, 2.45) is 4.99 Å². The molecule has 2 aromatic carbocycles. The lowest BCUT2D eigenvalue weighted by Gasteiger charge is -2.25. The van der Waals surface area contributed by atoms with Gasteiger partial charge in [0.2, 0.25) is 0 Å². The minimum atomic E-state index is -0.768. The number of thiazole rings is 1. The predicted octanol–water partition coefficient (Wildman–Crippen LogP) is 3.61. The van der Waals surface area contributed by atoms with Crippen LogP contribution in [0, 0.1) is 0 Å². The minimum Gasteiger partial charge on any atom is -0.497 e. The SMILES string of the molecule is CCOC(=O)C1=C(C)N=c2s/c(=C\c3ccc(OC)cc3OC)c(=O)n2[C@H]1c1ccc(OCC)c(OCC)c1. The Morgan fingerprint density at radius 3 is 2.38 bits per heavy atom. The van der Waals surface area contributed by atoms with Crippen molar-refractivity contribution >= 4 is 23.4 Å². The van der Waals surface area contributed by atoms with E-state index in [0.717, 1.165) is 0 Å².